The third-order valence-electron chi connectivity index (χ3n) is 6.46. The molecule has 1 aliphatic heterocycles. The quantitative estimate of drug-likeness (QED) is 0.707. The number of benzene rings is 2. The number of fused-ring (bicyclic) bond motifs is 1. The Kier molecular flexibility index (Phi) is 6.42. The van der Waals surface area contributed by atoms with Crippen molar-refractivity contribution in [3.05, 3.63) is 57.6 Å². The fourth-order valence-electron chi connectivity index (χ4n) is 4.68. The number of carbonyl (C=O) groups excluding carboxylic acids is 1. The number of sulfonamides is 1. The van der Waals surface area contributed by atoms with E-state index in [-0.39, 0.29) is 11.8 Å². The van der Waals surface area contributed by atoms with E-state index < -0.39 is 10.0 Å². The Morgan fingerprint density at radius 2 is 1.71 bits per heavy atom. The van der Waals surface area contributed by atoms with Gasteiger partial charge in [0.1, 0.15) is 0 Å². The van der Waals surface area contributed by atoms with Crippen LogP contribution in [0.4, 0.5) is 5.69 Å². The first-order chi connectivity index (χ1) is 14.8. The summed E-state index contributed by atoms with van der Waals surface area (Å²) in [6.45, 7) is 4.57. The molecular formula is C24H29ClN2O3S. The van der Waals surface area contributed by atoms with Gasteiger partial charge in [-0.2, -0.15) is 4.31 Å². The van der Waals surface area contributed by atoms with Crippen LogP contribution in [0.5, 0.6) is 0 Å². The highest BCUT2D eigenvalue weighted by Gasteiger charge is 2.32. The van der Waals surface area contributed by atoms with Crippen molar-refractivity contribution >= 4 is 33.2 Å². The normalized spacial score (nSPS) is 17.9. The van der Waals surface area contributed by atoms with Gasteiger partial charge in [-0.25, -0.2) is 8.42 Å². The van der Waals surface area contributed by atoms with Gasteiger partial charge in [-0.1, -0.05) is 23.7 Å². The standard InChI is InChI=1S/C24H29ClN2O3S/c1-16-13-17(2)23(22(25)14-16)26-24(28)19-9-11-27(12-10-19)31(29,30)21-8-7-18-5-3-4-6-20(18)15-21/h7-8,13-15,19H,3-6,9-12H2,1-2H3,(H,26,28). The topological polar surface area (TPSA) is 66.5 Å². The van der Waals surface area contributed by atoms with Gasteiger partial charge in [-0.3, -0.25) is 4.79 Å². The molecule has 0 spiro atoms. The Bertz CT molecular complexity index is 1080. The van der Waals surface area contributed by atoms with Crippen LogP contribution in [0, 0.1) is 19.8 Å². The molecule has 0 atom stereocenters. The third-order valence-corrected chi connectivity index (χ3v) is 8.66. The zero-order valence-corrected chi connectivity index (χ0v) is 19.7. The van der Waals surface area contributed by atoms with Gasteiger partial charge in [-0.05, 0) is 92.8 Å². The molecule has 1 amide bonds. The van der Waals surface area contributed by atoms with E-state index in [4.69, 9.17) is 11.6 Å². The number of halogens is 1. The summed E-state index contributed by atoms with van der Waals surface area (Å²) in [6, 6.07) is 9.37. The van der Waals surface area contributed by atoms with Crippen LogP contribution in [0.25, 0.3) is 0 Å². The second-order valence-electron chi connectivity index (χ2n) is 8.74. The Morgan fingerprint density at radius 1 is 1.03 bits per heavy atom. The van der Waals surface area contributed by atoms with Crippen LogP contribution in [0.3, 0.4) is 0 Å². The van der Waals surface area contributed by atoms with E-state index in [0.29, 0.717) is 41.5 Å². The number of carbonyl (C=O) groups is 1. The van der Waals surface area contributed by atoms with E-state index >= 15 is 0 Å². The summed E-state index contributed by atoms with van der Waals surface area (Å²) in [4.78, 5) is 13.2. The second kappa shape index (κ2) is 8.93. The van der Waals surface area contributed by atoms with E-state index in [1.165, 1.54) is 16.3 Å². The largest absolute Gasteiger partial charge is 0.324 e. The molecule has 7 heteroatoms. The van der Waals surface area contributed by atoms with Crippen molar-refractivity contribution in [3.8, 4) is 0 Å². The molecule has 1 heterocycles. The number of nitrogens with zero attached hydrogens (tertiary/aromatic N) is 1. The van der Waals surface area contributed by atoms with Gasteiger partial charge in [0.15, 0.2) is 0 Å². The number of anilines is 1. The molecule has 0 saturated carbocycles. The number of hydrogen-bond donors (Lipinski definition) is 1. The highest BCUT2D eigenvalue weighted by Crippen LogP contribution is 2.31. The lowest BCUT2D eigenvalue weighted by Gasteiger charge is -2.31. The number of rotatable bonds is 4. The molecular weight excluding hydrogens is 432 g/mol. The molecule has 166 valence electrons. The maximum atomic E-state index is 13.2. The average molecular weight is 461 g/mol. The maximum absolute atomic E-state index is 13.2. The molecule has 31 heavy (non-hydrogen) atoms. The molecule has 1 saturated heterocycles. The minimum atomic E-state index is -3.54. The summed E-state index contributed by atoms with van der Waals surface area (Å²) in [5.41, 5.74) is 5.03. The molecule has 0 radical (unpaired) electrons. The lowest BCUT2D eigenvalue weighted by atomic mass is 9.92. The summed E-state index contributed by atoms with van der Waals surface area (Å²) in [6.07, 6.45) is 5.25. The SMILES string of the molecule is Cc1cc(C)c(NC(=O)C2CCN(S(=O)(=O)c3ccc4c(c3)CCCC4)CC2)c(Cl)c1. The molecule has 0 aromatic heterocycles. The number of nitrogens with one attached hydrogen (secondary N) is 1. The monoisotopic (exact) mass is 460 g/mol. The zero-order chi connectivity index (χ0) is 22.2. The van der Waals surface area contributed by atoms with Gasteiger partial charge in [0.05, 0.1) is 15.6 Å². The Hall–Kier alpha value is -1.89. The molecule has 5 nitrogen and oxygen atoms in total. The van der Waals surface area contributed by atoms with E-state index in [1.807, 2.05) is 38.1 Å². The minimum absolute atomic E-state index is 0.0975. The van der Waals surface area contributed by atoms with Gasteiger partial charge in [0.2, 0.25) is 15.9 Å². The van der Waals surface area contributed by atoms with Gasteiger partial charge < -0.3 is 5.32 Å². The highest BCUT2D eigenvalue weighted by molar-refractivity contribution is 7.89. The molecule has 0 unspecified atom stereocenters. The van der Waals surface area contributed by atoms with Crippen molar-refractivity contribution in [2.75, 3.05) is 18.4 Å². The summed E-state index contributed by atoms with van der Waals surface area (Å²) >= 11 is 6.32. The first-order valence-corrected chi connectivity index (χ1v) is 12.8. The minimum Gasteiger partial charge on any atom is -0.324 e. The van der Waals surface area contributed by atoms with Crippen LogP contribution >= 0.6 is 11.6 Å². The van der Waals surface area contributed by atoms with Crippen LogP contribution in [0.2, 0.25) is 5.02 Å². The number of piperidine rings is 1. The average Bonchev–Trinajstić information content (AvgIpc) is 2.75. The van der Waals surface area contributed by atoms with Crippen molar-refractivity contribution in [2.45, 2.75) is 57.3 Å². The van der Waals surface area contributed by atoms with Gasteiger partial charge >= 0.3 is 0 Å². The van der Waals surface area contributed by atoms with Gasteiger partial charge in [-0.15, -0.1) is 0 Å². The highest BCUT2D eigenvalue weighted by atomic mass is 35.5. The van der Waals surface area contributed by atoms with Gasteiger partial charge in [0.25, 0.3) is 0 Å². The van der Waals surface area contributed by atoms with Crippen LogP contribution in [0.1, 0.15) is 47.9 Å². The first kappa shape index (κ1) is 22.3. The predicted octanol–water partition coefficient (Wildman–Crippen LogP) is 4.88. The zero-order valence-electron chi connectivity index (χ0n) is 18.1. The lowest BCUT2D eigenvalue weighted by molar-refractivity contribution is -0.120. The summed E-state index contributed by atoms with van der Waals surface area (Å²) in [5.74, 6) is -0.327. The molecule has 1 N–H and O–H groups in total. The summed E-state index contributed by atoms with van der Waals surface area (Å²) in [5, 5.41) is 3.48. The van der Waals surface area contributed by atoms with Crippen molar-refractivity contribution < 1.29 is 13.2 Å². The second-order valence-corrected chi connectivity index (χ2v) is 11.1. The van der Waals surface area contributed by atoms with Crippen molar-refractivity contribution in [1.82, 2.24) is 4.31 Å². The molecule has 2 aromatic carbocycles. The van der Waals surface area contributed by atoms with Crippen LogP contribution in [-0.2, 0) is 27.7 Å². The Balaban J connectivity index is 1.42. The fraction of sp³-hybridized carbons (Fsp3) is 0.458. The molecule has 4 rings (SSSR count). The third kappa shape index (κ3) is 4.66. The van der Waals surface area contributed by atoms with Crippen LogP contribution in [-0.4, -0.2) is 31.7 Å². The molecule has 1 aliphatic carbocycles. The van der Waals surface area contributed by atoms with E-state index in [1.54, 1.807) is 6.07 Å². The number of amides is 1. The Morgan fingerprint density at radius 3 is 2.39 bits per heavy atom. The van der Waals surface area contributed by atoms with Crippen molar-refractivity contribution in [3.63, 3.8) is 0 Å². The van der Waals surface area contributed by atoms with E-state index in [0.717, 1.165) is 36.0 Å². The summed E-state index contributed by atoms with van der Waals surface area (Å²) in [7, 11) is -3.54. The van der Waals surface area contributed by atoms with E-state index in [9.17, 15) is 13.2 Å². The van der Waals surface area contributed by atoms with Crippen molar-refractivity contribution in [2.24, 2.45) is 5.92 Å². The molecule has 2 aliphatic rings. The lowest BCUT2D eigenvalue weighted by Crippen LogP contribution is -2.41. The van der Waals surface area contributed by atoms with Crippen molar-refractivity contribution in [1.29, 1.82) is 0 Å². The van der Waals surface area contributed by atoms with Crippen LogP contribution < -0.4 is 5.32 Å². The number of aryl methyl sites for hydroxylation is 4. The molecule has 0 bridgehead atoms. The van der Waals surface area contributed by atoms with E-state index in [2.05, 4.69) is 5.32 Å². The van der Waals surface area contributed by atoms with Crippen LogP contribution in [0.15, 0.2) is 35.2 Å². The fourth-order valence-corrected chi connectivity index (χ4v) is 6.57. The molecule has 2 aromatic rings. The maximum Gasteiger partial charge on any atom is 0.243 e. The first-order valence-electron chi connectivity index (χ1n) is 11.0. The Labute approximate surface area is 189 Å². The molecule has 1 fully saturated rings. The smallest absolute Gasteiger partial charge is 0.243 e. The summed E-state index contributed by atoms with van der Waals surface area (Å²) < 4.78 is 27.9. The predicted molar refractivity (Wildman–Crippen MR) is 124 cm³/mol. The van der Waals surface area contributed by atoms with Gasteiger partial charge in [0, 0.05) is 19.0 Å². The number of hydrogen-bond acceptors (Lipinski definition) is 3.